The third kappa shape index (κ3) is 3.19. The van der Waals surface area contributed by atoms with E-state index in [4.69, 9.17) is 0 Å². The van der Waals surface area contributed by atoms with Crippen molar-refractivity contribution in [2.45, 2.75) is 25.3 Å². The largest absolute Gasteiger partial charge is 0.508 e. The maximum atomic E-state index is 12.0. The normalized spacial score (nSPS) is 16.1. The number of pyridine rings is 1. The quantitative estimate of drug-likeness (QED) is 0.810. The summed E-state index contributed by atoms with van der Waals surface area (Å²) in [6.45, 7) is 0.544. The van der Waals surface area contributed by atoms with E-state index in [1.54, 1.807) is 12.3 Å². The molecule has 1 aliphatic rings. The predicted molar refractivity (Wildman–Crippen MR) is 83.6 cm³/mol. The van der Waals surface area contributed by atoms with Crippen LogP contribution in [-0.4, -0.2) is 22.7 Å². The van der Waals surface area contributed by atoms with Crippen LogP contribution in [0.25, 0.3) is 0 Å². The molecule has 0 bridgehead atoms. The number of rotatable bonds is 4. The molecule has 22 heavy (non-hydrogen) atoms. The van der Waals surface area contributed by atoms with Crippen LogP contribution in [0, 0.1) is 0 Å². The van der Waals surface area contributed by atoms with Gasteiger partial charge in [-0.05, 0) is 42.2 Å². The van der Waals surface area contributed by atoms with Gasteiger partial charge in [-0.1, -0.05) is 18.2 Å². The lowest BCUT2D eigenvalue weighted by atomic mass is 10.1. The summed E-state index contributed by atoms with van der Waals surface area (Å²) in [6, 6.07) is 11.0. The highest BCUT2D eigenvalue weighted by atomic mass is 16.3. The Morgan fingerprint density at radius 2 is 2.18 bits per heavy atom. The predicted octanol–water partition coefficient (Wildman–Crippen LogP) is 2.32. The molecule has 1 heterocycles. The number of phenolic OH excluding ortho intramolecular Hbond substituents is 1. The monoisotopic (exact) mass is 297 g/mol. The first-order chi connectivity index (χ1) is 10.7. The molecule has 1 atom stereocenters. The minimum atomic E-state index is -0.183. The van der Waals surface area contributed by atoms with Crippen molar-refractivity contribution in [2.75, 3.05) is 6.54 Å². The number of phenols is 1. The zero-order chi connectivity index (χ0) is 15.4. The molecule has 1 aromatic carbocycles. The van der Waals surface area contributed by atoms with Crippen molar-refractivity contribution < 1.29 is 9.90 Å². The van der Waals surface area contributed by atoms with Crippen molar-refractivity contribution in [2.24, 2.45) is 0 Å². The third-order valence-corrected chi connectivity index (χ3v) is 3.94. The number of carbonyl (C=O) groups is 1. The second-order valence-electron chi connectivity index (χ2n) is 5.41. The Bertz CT molecular complexity index is 658. The molecule has 5 heteroatoms. The minimum Gasteiger partial charge on any atom is -0.508 e. The minimum absolute atomic E-state index is 0.0306. The summed E-state index contributed by atoms with van der Waals surface area (Å²) in [4.78, 5) is 16.2. The molecule has 0 fully saturated rings. The maximum absolute atomic E-state index is 12.0. The highest BCUT2D eigenvalue weighted by molar-refractivity contribution is 5.74. The first-order valence-electron chi connectivity index (χ1n) is 7.49. The van der Waals surface area contributed by atoms with Crippen LogP contribution in [0.5, 0.6) is 5.75 Å². The molecular weight excluding hydrogens is 278 g/mol. The van der Waals surface area contributed by atoms with Crippen LogP contribution in [0.3, 0.4) is 0 Å². The standard InChI is InChI=1S/C17H19N3O2/c21-16-6-3-5-13-14(16)7-8-15(13)20-17(22)19-11-9-12-4-1-2-10-18-12/h1-6,10,15,21H,7-9,11H2,(H2,19,20,22). The Balaban J connectivity index is 1.50. The Morgan fingerprint density at radius 3 is 3.00 bits per heavy atom. The van der Waals surface area contributed by atoms with E-state index in [9.17, 15) is 9.90 Å². The van der Waals surface area contributed by atoms with Crippen LogP contribution in [0.15, 0.2) is 42.6 Å². The fraction of sp³-hybridized carbons (Fsp3) is 0.294. The van der Waals surface area contributed by atoms with E-state index in [0.29, 0.717) is 18.7 Å². The van der Waals surface area contributed by atoms with E-state index in [1.165, 1.54) is 0 Å². The molecule has 0 radical (unpaired) electrons. The van der Waals surface area contributed by atoms with Crippen molar-refractivity contribution >= 4 is 6.03 Å². The number of hydrogen-bond donors (Lipinski definition) is 3. The van der Waals surface area contributed by atoms with E-state index in [-0.39, 0.29) is 12.1 Å². The molecule has 0 aliphatic heterocycles. The number of benzene rings is 1. The van der Waals surface area contributed by atoms with Gasteiger partial charge in [0.25, 0.3) is 0 Å². The summed E-state index contributed by atoms with van der Waals surface area (Å²) in [7, 11) is 0. The number of nitrogens with zero attached hydrogens (tertiary/aromatic N) is 1. The first-order valence-corrected chi connectivity index (χ1v) is 7.49. The van der Waals surface area contributed by atoms with E-state index in [2.05, 4.69) is 15.6 Å². The molecule has 2 amide bonds. The summed E-state index contributed by atoms with van der Waals surface area (Å²) in [6.07, 6.45) is 4.06. The molecule has 1 aliphatic carbocycles. The van der Waals surface area contributed by atoms with Gasteiger partial charge in [-0.3, -0.25) is 4.98 Å². The summed E-state index contributed by atoms with van der Waals surface area (Å²) < 4.78 is 0. The van der Waals surface area contributed by atoms with E-state index in [0.717, 1.165) is 29.7 Å². The maximum Gasteiger partial charge on any atom is 0.315 e. The fourth-order valence-corrected chi connectivity index (χ4v) is 2.84. The van der Waals surface area contributed by atoms with Gasteiger partial charge >= 0.3 is 6.03 Å². The van der Waals surface area contributed by atoms with Gasteiger partial charge in [0, 0.05) is 24.9 Å². The van der Waals surface area contributed by atoms with Crippen LogP contribution >= 0.6 is 0 Å². The lowest BCUT2D eigenvalue weighted by molar-refractivity contribution is 0.237. The summed E-state index contributed by atoms with van der Waals surface area (Å²) >= 11 is 0. The number of carbonyl (C=O) groups excluding carboxylic acids is 1. The van der Waals surface area contributed by atoms with Crippen molar-refractivity contribution in [1.29, 1.82) is 0 Å². The molecule has 3 N–H and O–H groups in total. The molecule has 0 spiro atoms. The zero-order valence-electron chi connectivity index (χ0n) is 12.2. The number of hydrogen-bond acceptors (Lipinski definition) is 3. The fourth-order valence-electron chi connectivity index (χ4n) is 2.84. The van der Waals surface area contributed by atoms with Gasteiger partial charge < -0.3 is 15.7 Å². The van der Waals surface area contributed by atoms with Crippen molar-refractivity contribution in [3.05, 3.63) is 59.4 Å². The van der Waals surface area contributed by atoms with Gasteiger partial charge in [0.2, 0.25) is 0 Å². The molecule has 0 saturated carbocycles. The number of aromatic nitrogens is 1. The van der Waals surface area contributed by atoms with E-state index < -0.39 is 0 Å². The molecule has 0 saturated heterocycles. The first kappa shape index (κ1) is 14.4. The average molecular weight is 297 g/mol. The van der Waals surface area contributed by atoms with Gasteiger partial charge in [-0.25, -0.2) is 4.79 Å². The van der Waals surface area contributed by atoms with E-state index in [1.807, 2.05) is 30.3 Å². The van der Waals surface area contributed by atoms with Gasteiger partial charge in [-0.15, -0.1) is 0 Å². The molecular formula is C17H19N3O2. The topological polar surface area (TPSA) is 74.2 Å². The molecule has 114 valence electrons. The van der Waals surface area contributed by atoms with Crippen LogP contribution in [0.2, 0.25) is 0 Å². The van der Waals surface area contributed by atoms with Crippen molar-refractivity contribution in [3.63, 3.8) is 0 Å². The van der Waals surface area contributed by atoms with Crippen LogP contribution in [0.1, 0.15) is 29.3 Å². The second kappa shape index (κ2) is 6.47. The molecule has 2 aromatic rings. The lowest BCUT2D eigenvalue weighted by Gasteiger charge is -2.15. The van der Waals surface area contributed by atoms with Gasteiger partial charge in [0.05, 0.1) is 6.04 Å². The SMILES string of the molecule is O=C(NCCc1ccccn1)NC1CCc2c(O)cccc21. The highest BCUT2D eigenvalue weighted by Gasteiger charge is 2.25. The molecule has 5 nitrogen and oxygen atoms in total. The summed E-state index contributed by atoms with van der Waals surface area (Å²) in [5.41, 5.74) is 2.92. The Morgan fingerprint density at radius 1 is 1.27 bits per heavy atom. The molecule has 3 rings (SSSR count). The van der Waals surface area contributed by atoms with Crippen LogP contribution in [-0.2, 0) is 12.8 Å². The van der Waals surface area contributed by atoms with Crippen LogP contribution < -0.4 is 10.6 Å². The zero-order valence-corrected chi connectivity index (χ0v) is 12.2. The smallest absolute Gasteiger partial charge is 0.315 e. The highest BCUT2D eigenvalue weighted by Crippen LogP contribution is 2.36. The summed E-state index contributed by atoms with van der Waals surface area (Å²) in [5.74, 6) is 0.317. The number of fused-ring (bicyclic) bond motifs is 1. The number of nitrogens with one attached hydrogen (secondary N) is 2. The van der Waals surface area contributed by atoms with E-state index >= 15 is 0 Å². The number of urea groups is 1. The summed E-state index contributed by atoms with van der Waals surface area (Å²) in [5, 5.41) is 15.6. The third-order valence-electron chi connectivity index (χ3n) is 3.94. The van der Waals surface area contributed by atoms with Gasteiger partial charge in [0.1, 0.15) is 5.75 Å². The van der Waals surface area contributed by atoms with Crippen molar-refractivity contribution in [1.82, 2.24) is 15.6 Å². The average Bonchev–Trinajstić information content (AvgIpc) is 2.93. The van der Waals surface area contributed by atoms with Gasteiger partial charge in [0.15, 0.2) is 0 Å². The Hall–Kier alpha value is -2.56. The number of amides is 2. The Labute approximate surface area is 129 Å². The van der Waals surface area contributed by atoms with Crippen LogP contribution in [0.4, 0.5) is 4.79 Å². The van der Waals surface area contributed by atoms with Gasteiger partial charge in [-0.2, -0.15) is 0 Å². The Kier molecular flexibility index (Phi) is 4.23. The molecule has 1 unspecified atom stereocenters. The second-order valence-corrected chi connectivity index (χ2v) is 5.41. The number of aromatic hydroxyl groups is 1. The van der Waals surface area contributed by atoms with Crippen molar-refractivity contribution in [3.8, 4) is 5.75 Å². The lowest BCUT2D eigenvalue weighted by Crippen LogP contribution is -2.38. The molecule has 1 aromatic heterocycles.